The second-order valence-corrected chi connectivity index (χ2v) is 6.06. The van der Waals surface area contributed by atoms with Crippen LogP contribution in [-0.4, -0.2) is 39.8 Å². The molecule has 0 unspecified atom stereocenters. The second kappa shape index (κ2) is 7.74. The minimum Gasteiger partial charge on any atom is -0.365 e. The number of nitrogens with two attached hydrogens (primary N) is 1. The maximum Gasteiger partial charge on any atom is 0.268 e. The molecule has 1 aromatic carbocycles. The van der Waals surface area contributed by atoms with Gasteiger partial charge in [0.05, 0.1) is 12.4 Å². The van der Waals surface area contributed by atoms with Gasteiger partial charge in [-0.3, -0.25) is 14.6 Å². The molecule has 1 fully saturated rings. The van der Waals surface area contributed by atoms with E-state index in [1.807, 2.05) is 29.2 Å². The number of carbonyl (C=O) groups is 2. The third kappa shape index (κ3) is 4.32. The highest BCUT2D eigenvalue weighted by Crippen LogP contribution is 2.14. The minimum absolute atomic E-state index is 0.0965. The first kappa shape index (κ1) is 16.9. The summed E-state index contributed by atoms with van der Waals surface area (Å²) < 4.78 is 0. The lowest BCUT2D eigenvalue weighted by Gasteiger charge is -2.26. The monoisotopic (exact) mass is 339 g/mol. The number of hydrogen-bond donors (Lipinski definition) is 2. The fourth-order valence-electron chi connectivity index (χ4n) is 2.81. The van der Waals surface area contributed by atoms with Crippen LogP contribution >= 0.6 is 0 Å². The fraction of sp³-hybridized carbons (Fsp3) is 0.333. The van der Waals surface area contributed by atoms with Crippen LogP contribution in [-0.2, 0) is 6.54 Å². The molecule has 0 bridgehead atoms. The highest BCUT2D eigenvalue weighted by atomic mass is 16.2. The Labute approximate surface area is 146 Å². The van der Waals surface area contributed by atoms with Gasteiger partial charge < -0.3 is 16.0 Å². The number of aromatic nitrogens is 2. The summed E-state index contributed by atoms with van der Waals surface area (Å²) in [5.74, 6) is -0.0410. The van der Waals surface area contributed by atoms with E-state index in [4.69, 9.17) is 5.73 Å². The van der Waals surface area contributed by atoms with Crippen LogP contribution in [0.5, 0.6) is 0 Å². The molecule has 3 N–H and O–H groups in total. The standard InChI is InChI=1S/C18H21N5O2/c19-17(24)15-11-20-12-16(22-15)21-10-13-4-6-14(7-5-13)18(25)23-8-2-1-3-9-23/h4-7,11-12H,1-3,8-10H2,(H2,19,24)(H,21,22). The molecule has 1 aromatic heterocycles. The van der Waals surface area contributed by atoms with Crippen LogP contribution in [0.2, 0.25) is 0 Å². The van der Waals surface area contributed by atoms with Crippen LogP contribution in [0.4, 0.5) is 5.82 Å². The number of carbonyl (C=O) groups excluding carboxylic acids is 2. The first-order chi connectivity index (χ1) is 12.1. The molecule has 1 aliphatic rings. The number of piperidine rings is 1. The summed E-state index contributed by atoms with van der Waals surface area (Å²) in [4.78, 5) is 33.5. The number of primary amides is 1. The smallest absolute Gasteiger partial charge is 0.268 e. The van der Waals surface area contributed by atoms with Crippen LogP contribution < -0.4 is 11.1 Å². The zero-order chi connectivity index (χ0) is 17.6. The average Bonchev–Trinajstić information content (AvgIpc) is 2.67. The predicted octanol–water partition coefficient (Wildman–Crippen LogP) is 1.81. The van der Waals surface area contributed by atoms with Crippen molar-refractivity contribution < 1.29 is 9.59 Å². The summed E-state index contributed by atoms with van der Waals surface area (Å²) >= 11 is 0. The van der Waals surface area contributed by atoms with Gasteiger partial charge in [-0.05, 0) is 37.0 Å². The van der Waals surface area contributed by atoms with E-state index in [0.29, 0.717) is 17.9 Å². The highest BCUT2D eigenvalue weighted by molar-refractivity contribution is 5.94. The summed E-state index contributed by atoms with van der Waals surface area (Å²) in [5.41, 5.74) is 7.02. The minimum atomic E-state index is -0.614. The van der Waals surface area contributed by atoms with Gasteiger partial charge in [-0.25, -0.2) is 4.98 Å². The molecule has 0 spiro atoms. The molecule has 130 valence electrons. The Bertz CT molecular complexity index is 754. The maximum absolute atomic E-state index is 12.4. The molecule has 7 heteroatoms. The van der Waals surface area contributed by atoms with E-state index in [2.05, 4.69) is 15.3 Å². The van der Waals surface area contributed by atoms with Crippen LogP contribution in [0, 0.1) is 0 Å². The zero-order valence-corrected chi connectivity index (χ0v) is 13.9. The fourth-order valence-corrected chi connectivity index (χ4v) is 2.81. The Morgan fingerprint density at radius 1 is 1.08 bits per heavy atom. The average molecular weight is 339 g/mol. The van der Waals surface area contributed by atoms with Gasteiger partial charge in [0.25, 0.3) is 11.8 Å². The van der Waals surface area contributed by atoms with Gasteiger partial charge in [0.1, 0.15) is 11.5 Å². The second-order valence-electron chi connectivity index (χ2n) is 6.06. The predicted molar refractivity (Wildman–Crippen MR) is 94.1 cm³/mol. The Hall–Kier alpha value is -2.96. The van der Waals surface area contributed by atoms with Crippen LogP contribution in [0.15, 0.2) is 36.7 Å². The van der Waals surface area contributed by atoms with Crippen LogP contribution in [0.3, 0.4) is 0 Å². The molecule has 1 saturated heterocycles. The number of benzene rings is 1. The Kier molecular flexibility index (Phi) is 5.23. The molecule has 7 nitrogen and oxygen atoms in total. The van der Waals surface area contributed by atoms with E-state index in [-0.39, 0.29) is 11.6 Å². The summed E-state index contributed by atoms with van der Waals surface area (Å²) in [6.07, 6.45) is 6.22. The molecule has 0 saturated carbocycles. The number of anilines is 1. The molecule has 3 rings (SSSR count). The van der Waals surface area contributed by atoms with Gasteiger partial charge in [-0.15, -0.1) is 0 Å². The van der Waals surface area contributed by atoms with Gasteiger partial charge >= 0.3 is 0 Å². The first-order valence-corrected chi connectivity index (χ1v) is 8.37. The van der Waals surface area contributed by atoms with Gasteiger partial charge in [0, 0.05) is 25.2 Å². The number of hydrogen-bond acceptors (Lipinski definition) is 5. The highest BCUT2D eigenvalue weighted by Gasteiger charge is 2.17. The van der Waals surface area contributed by atoms with Gasteiger partial charge in [0.2, 0.25) is 0 Å². The Morgan fingerprint density at radius 2 is 1.80 bits per heavy atom. The topological polar surface area (TPSA) is 101 Å². The van der Waals surface area contributed by atoms with Crippen molar-refractivity contribution in [3.63, 3.8) is 0 Å². The normalized spacial score (nSPS) is 14.2. The summed E-state index contributed by atoms with van der Waals surface area (Å²) in [6, 6.07) is 7.52. The van der Waals surface area contributed by atoms with E-state index < -0.39 is 5.91 Å². The van der Waals surface area contributed by atoms with Crippen molar-refractivity contribution in [3.8, 4) is 0 Å². The number of likely N-dealkylation sites (tertiary alicyclic amines) is 1. The molecule has 1 aliphatic heterocycles. The molecule has 0 atom stereocenters. The summed E-state index contributed by atoms with van der Waals surface area (Å²) in [5, 5.41) is 3.09. The number of amides is 2. The van der Waals surface area contributed by atoms with E-state index in [9.17, 15) is 9.59 Å². The molecule has 0 aliphatic carbocycles. The van der Waals surface area contributed by atoms with Gasteiger partial charge in [0.15, 0.2) is 0 Å². The van der Waals surface area contributed by atoms with Crippen molar-refractivity contribution in [3.05, 3.63) is 53.5 Å². The van der Waals surface area contributed by atoms with Crippen molar-refractivity contribution in [1.29, 1.82) is 0 Å². The van der Waals surface area contributed by atoms with Crippen molar-refractivity contribution in [2.45, 2.75) is 25.8 Å². The van der Waals surface area contributed by atoms with Crippen LogP contribution in [0.25, 0.3) is 0 Å². The Balaban J connectivity index is 1.60. The zero-order valence-electron chi connectivity index (χ0n) is 13.9. The van der Waals surface area contributed by atoms with E-state index in [1.54, 1.807) is 0 Å². The molecule has 2 heterocycles. The van der Waals surface area contributed by atoms with Crippen molar-refractivity contribution in [2.24, 2.45) is 5.73 Å². The number of rotatable bonds is 5. The lowest BCUT2D eigenvalue weighted by molar-refractivity contribution is 0.0724. The van der Waals surface area contributed by atoms with E-state index in [1.165, 1.54) is 18.8 Å². The summed E-state index contributed by atoms with van der Waals surface area (Å²) in [7, 11) is 0. The largest absolute Gasteiger partial charge is 0.365 e. The summed E-state index contributed by atoms with van der Waals surface area (Å²) in [6.45, 7) is 2.20. The molecule has 0 radical (unpaired) electrons. The number of nitrogens with zero attached hydrogens (tertiary/aromatic N) is 3. The van der Waals surface area contributed by atoms with Crippen molar-refractivity contribution in [2.75, 3.05) is 18.4 Å². The molecule has 2 aromatic rings. The first-order valence-electron chi connectivity index (χ1n) is 8.37. The molecular formula is C18H21N5O2. The van der Waals surface area contributed by atoms with Crippen molar-refractivity contribution >= 4 is 17.6 Å². The number of nitrogens with one attached hydrogen (secondary N) is 1. The van der Waals surface area contributed by atoms with E-state index in [0.717, 1.165) is 31.5 Å². The maximum atomic E-state index is 12.4. The lowest BCUT2D eigenvalue weighted by atomic mass is 10.1. The third-order valence-electron chi connectivity index (χ3n) is 4.20. The van der Waals surface area contributed by atoms with Gasteiger partial charge in [-0.2, -0.15) is 0 Å². The van der Waals surface area contributed by atoms with E-state index >= 15 is 0 Å². The van der Waals surface area contributed by atoms with Gasteiger partial charge in [-0.1, -0.05) is 12.1 Å². The quantitative estimate of drug-likeness (QED) is 0.865. The SMILES string of the molecule is NC(=O)c1cncc(NCc2ccc(C(=O)N3CCCCC3)cc2)n1. The Morgan fingerprint density at radius 3 is 2.48 bits per heavy atom. The van der Waals surface area contributed by atoms with Crippen LogP contribution in [0.1, 0.15) is 45.7 Å². The third-order valence-corrected chi connectivity index (χ3v) is 4.20. The molecule has 2 amide bonds. The van der Waals surface area contributed by atoms with Crippen molar-refractivity contribution in [1.82, 2.24) is 14.9 Å². The lowest BCUT2D eigenvalue weighted by Crippen LogP contribution is -2.35. The molecular weight excluding hydrogens is 318 g/mol. The molecule has 25 heavy (non-hydrogen) atoms.